The van der Waals surface area contributed by atoms with Gasteiger partial charge < -0.3 is 5.32 Å². The van der Waals surface area contributed by atoms with E-state index in [9.17, 15) is 0 Å². The van der Waals surface area contributed by atoms with Gasteiger partial charge in [0.25, 0.3) is 0 Å². The van der Waals surface area contributed by atoms with Gasteiger partial charge in [-0.2, -0.15) is 0 Å². The number of aromatic nitrogens is 2. The van der Waals surface area contributed by atoms with Crippen LogP contribution in [0.25, 0.3) is 0 Å². The minimum Gasteiger partial charge on any atom is -0.376 e. The first-order valence-electron chi connectivity index (χ1n) is 4.95. The lowest BCUT2D eigenvalue weighted by Crippen LogP contribution is -2.06. The second-order valence-electron chi connectivity index (χ2n) is 3.56. The molecule has 16 heavy (non-hydrogen) atoms. The molecule has 2 heterocycles. The Kier molecular flexibility index (Phi) is 3.41. The van der Waals surface area contributed by atoms with Crippen LogP contribution < -0.4 is 5.32 Å². The highest BCUT2D eigenvalue weighted by Crippen LogP contribution is 2.22. The van der Waals surface area contributed by atoms with E-state index in [-0.39, 0.29) is 6.04 Å². The van der Waals surface area contributed by atoms with Crippen LogP contribution in [0.15, 0.2) is 23.7 Å². The Morgan fingerprint density at radius 3 is 2.94 bits per heavy atom. The molecule has 3 nitrogen and oxygen atoms in total. The molecule has 1 N–H and O–H groups in total. The number of thiazole rings is 1. The highest BCUT2D eigenvalue weighted by atomic mass is 35.5. The summed E-state index contributed by atoms with van der Waals surface area (Å²) in [5.74, 6) is 0. The van der Waals surface area contributed by atoms with Gasteiger partial charge in [-0.15, -0.1) is 11.3 Å². The zero-order chi connectivity index (χ0) is 11.5. The molecule has 0 aliphatic heterocycles. The molecule has 84 valence electrons. The molecule has 0 aliphatic rings. The fraction of sp³-hybridized carbons (Fsp3) is 0.273. The molecule has 0 saturated heterocycles. The van der Waals surface area contributed by atoms with Crippen molar-refractivity contribution in [3.05, 3.63) is 39.6 Å². The second-order valence-corrected chi connectivity index (χ2v) is 4.84. The number of nitrogens with one attached hydrogen (secondary N) is 1. The van der Waals surface area contributed by atoms with Gasteiger partial charge in [0.2, 0.25) is 0 Å². The minimum atomic E-state index is 0.178. The molecule has 0 radical (unpaired) electrons. The van der Waals surface area contributed by atoms with Crippen molar-refractivity contribution in [1.29, 1.82) is 0 Å². The van der Waals surface area contributed by atoms with Crippen LogP contribution in [-0.2, 0) is 0 Å². The Morgan fingerprint density at radius 1 is 1.50 bits per heavy atom. The van der Waals surface area contributed by atoms with Crippen molar-refractivity contribution >= 4 is 28.6 Å². The fourth-order valence-corrected chi connectivity index (χ4v) is 2.35. The normalized spacial score (nSPS) is 12.4. The second kappa shape index (κ2) is 4.80. The zero-order valence-electron chi connectivity index (χ0n) is 9.07. The third-order valence-corrected chi connectivity index (χ3v) is 3.47. The predicted molar refractivity (Wildman–Crippen MR) is 68.1 cm³/mol. The monoisotopic (exact) mass is 253 g/mol. The lowest BCUT2D eigenvalue weighted by molar-refractivity contribution is 0.863. The van der Waals surface area contributed by atoms with Crippen LogP contribution in [0.1, 0.15) is 23.7 Å². The van der Waals surface area contributed by atoms with E-state index >= 15 is 0 Å². The molecule has 2 rings (SSSR count). The molecule has 1 unspecified atom stereocenters. The van der Waals surface area contributed by atoms with E-state index in [0.29, 0.717) is 5.15 Å². The Labute approximate surface area is 104 Å². The number of pyridine rings is 1. The van der Waals surface area contributed by atoms with Crippen LogP contribution in [0.3, 0.4) is 0 Å². The summed E-state index contributed by atoms with van der Waals surface area (Å²) in [4.78, 5) is 8.37. The maximum Gasteiger partial charge on any atom is 0.131 e. The number of anilines is 1. The van der Waals surface area contributed by atoms with Crippen molar-refractivity contribution < 1.29 is 0 Å². The Balaban J connectivity index is 2.10. The first-order valence-corrected chi connectivity index (χ1v) is 6.21. The molecule has 2 aromatic rings. The summed E-state index contributed by atoms with van der Waals surface area (Å²) < 4.78 is 0. The summed E-state index contributed by atoms with van der Waals surface area (Å²) in [6.45, 7) is 4.07. The Bertz CT molecular complexity index is 484. The molecule has 0 bridgehead atoms. The Morgan fingerprint density at radius 2 is 2.31 bits per heavy atom. The summed E-state index contributed by atoms with van der Waals surface area (Å²) in [6, 6.07) is 3.87. The van der Waals surface area contributed by atoms with Gasteiger partial charge in [0, 0.05) is 23.0 Å². The average Bonchev–Trinajstić information content (AvgIpc) is 2.65. The third kappa shape index (κ3) is 2.71. The van der Waals surface area contributed by atoms with Gasteiger partial charge in [0.1, 0.15) is 10.2 Å². The van der Waals surface area contributed by atoms with Gasteiger partial charge in [-0.05, 0) is 26.0 Å². The van der Waals surface area contributed by atoms with Crippen LogP contribution in [0.4, 0.5) is 5.69 Å². The van der Waals surface area contributed by atoms with E-state index in [2.05, 4.69) is 22.2 Å². The van der Waals surface area contributed by atoms with Gasteiger partial charge in [-0.1, -0.05) is 11.6 Å². The highest BCUT2D eigenvalue weighted by Gasteiger charge is 2.09. The summed E-state index contributed by atoms with van der Waals surface area (Å²) in [5, 5.41) is 6.95. The standard InChI is InChI=1S/C11H12ClN3S/c1-7-6-16-11(14-7)8(2)15-9-3-4-13-10(12)5-9/h3-6,8H,1-2H3,(H,13,15). The van der Waals surface area contributed by atoms with E-state index in [1.807, 2.05) is 18.4 Å². The quantitative estimate of drug-likeness (QED) is 0.848. The maximum absolute atomic E-state index is 5.81. The van der Waals surface area contributed by atoms with Gasteiger partial charge in [-0.3, -0.25) is 0 Å². The van der Waals surface area contributed by atoms with Crippen molar-refractivity contribution in [2.45, 2.75) is 19.9 Å². The summed E-state index contributed by atoms with van der Waals surface area (Å²) >= 11 is 7.47. The summed E-state index contributed by atoms with van der Waals surface area (Å²) in [5.41, 5.74) is 2.02. The van der Waals surface area contributed by atoms with E-state index in [1.165, 1.54) is 0 Å². The Hall–Kier alpha value is -1.13. The molecule has 0 saturated carbocycles. The smallest absolute Gasteiger partial charge is 0.131 e. The maximum atomic E-state index is 5.81. The van der Waals surface area contributed by atoms with E-state index in [0.717, 1.165) is 16.4 Å². The van der Waals surface area contributed by atoms with Crippen LogP contribution in [0.5, 0.6) is 0 Å². The van der Waals surface area contributed by atoms with E-state index < -0.39 is 0 Å². The molecule has 0 fully saturated rings. The van der Waals surface area contributed by atoms with E-state index in [1.54, 1.807) is 23.6 Å². The van der Waals surface area contributed by atoms with E-state index in [4.69, 9.17) is 11.6 Å². The van der Waals surface area contributed by atoms with Crippen LogP contribution >= 0.6 is 22.9 Å². The molecular weight excluding hydrogens is 242 g/mol. The number of nitrogens with zero attached hydrogens (tertiary/aromatic N) is 2. The highest BCUT2D eigenvalue weighted by molar-refractivity contribution is 7.09. The molecule has 1 atom stereocenters. The van der Waals surface area contributed by atoms with Crippen LogP contribution in [0.2, 0.25) is 5.15 Å². The molecule has 0 amide bonds. The predicted octanol–water partition coefficient (Wildman–Crippen LogP) is 3.67. The molecule has 2 aromatic heterocycles. The fourth-order valence-electron chi connectivity index (χ4n) is 1.38. The summed E-state index contributed by atoms with van der Waals surface area (Å²) in [7, 11) is 0. The SMILES string of the molecule is Cc1csc(C(C)Nc2ccnc(Cl)c2)n1. The molecule has 0 spiro atoms. The van der Waals surface area contributed by atoms with Crippen molar-refractivity contribution in [2.75, 3.05) is 5.32 Å². The van der Waals surface area contributed by atoms with Gasteiger partial charge in [0.15, 0.2) is 0 Å². The minimum absolute atomic E-state index is 0.178. The molecular formula is C11H12ClN3S. The number of halogens is 1. The molecule has 5 heteroatoms. The first-order chi connectivity index (χ1) is 7.65. The van der Waals surface area contributed by atoms with Crippen molar-refractivity contribution in [3.63, 3.8) is 0 Å². The van der Waals surface area contributed by atoms with Crippen LogP contribution in [0, 0.1) is 6.92 Å². The number of rotatable bonds is 3. The topological polar surface area (TPSA) is 37.8 Å². The zero-order valence-corrected chi connectivity index (χ0v) is 10.6. The summed E-state index contributed by atoms with van der Waals surface area (Å²) in [6.07, 6.45) is 1.69. The lowest BCUT2D eigenvalue weighted by atomic mass is 10.3. The van der Waals surface area contributed by atoms with Crippen molar-refractivity contribution in [3.8, 4) is 0 Å². The molecule has 0 aromatic carbocycles. The first kappa shape index (κ1) is 11.4. The van der Waals surface area contributed by atoms with Gasteiger partial charge in [0.05, 0.1) is 6.04 Å². The molecule has 0 aliphatic carbocycles. The lowest BCUT2D eigenvalue weighted by Gasteiger charge is -2.12. The number of aryl methyl sites for hydroxylation is 1. The van der Waals surface area contributed by atoms with Gasteiger partial charge in [-0.25, -0.2) is 9.97 Å². The van der Waals surface area contributed by atoms with Crippen LogP contribution in [-0.4, -0.2) is 9.97 Å². The largest absolute Gasteiger partial charge is 0.376 e. The number of hydrogen-bond donors (Lipinski definition) is 1. The van der Waals surface area contributed by atoms with Crippen molar-refractivity contribution in [1.82, 2.24) is 9.97 Å². The van der Waals surface area contributed by atoms with Crippen molar-refractivity contribution in [2.24, 2.45) is 0 Å². The average molecular weight is 254 g/mol. The van der Waals surface area contributed by atoms with Gasteiger partial charge >= 0.3 is 0 Å². The number of hydrogen-bond acceptors (Lipinski definition) is 4. The third-order valence-electron chi connectivity index (χ3n) is 2.12.